The minimum atomic E-state index is -0.373. The van der Waals surface area contributed by atoms with E-state index in [9.17, 15) is 4.79 Å². The molecule has 2 heterocycles. The topological polar surface area (TPSA) is 53.4 Å². The van der Waals surface area contributed by atoms with Crippen LogP contribution in [0, 0.1) is 0 Å². The lowest BCUT2D eigenvalue weighted by atomic mass is 9.97. The SMILES string of the molecule is O=C(CO)N1CCC(c2nccs2)CC1. The smallest absolute Gasteiger partial charge is 0.248 e. The highest BCUT2D eigenvalue weighted by Gasteiger charge is 2.24. The predicted molar refractivity (Wildman–Crippen MR) is 57.8 cm³/mol. The molecule has 1 aromatic heterocycles. The van der Waals surface area contributed by atoms with Gasteiger partial charge in [0, 0.05) is 30.6 Å². The number of carbonyl (C=O) groups is 1. The van der Waals surface area contributed by atoms with Crippen LogP contribution in [0.1, 0.15) is 23.8 Å². The van der Waals surface area contributed by atoms with Gasteiger partial charge in [0.2, 0.25) is 5.91 Å². The number of nitrogens with zero attached hydrogens (tertiary/aromatic N) is 2. The first-order valence-corrected chi connectivity index (χ1v) is 5.97. The van der Waals surface area contributed by atoms with E-state index >= 15 is 0 Å². The number of thiazole rings is 1. The van der Waals surface area contributed by atoms with Gasteiger partial charge in [-0.2, -0.15) is 0 Å². The molecule has 0 atom stereocenters. The highest BCUT2D eigenvalue weighted by atomic mass is 32.1. The van der Waals surface area contributed by atoms with Crippen LogP contribution in [-0.4, -0.2) is 40.6 Å². The first-order chi connectivity index (χ1) is 7.31. The van der Waals surface area contributed by atoms with Crippen molar-refractivity contribution in [3.8, 4) is 0 Å². The molecule has 0 bridgehead atoms. The van der Waals surface area contributed by atoms with Crippen molar-refractivity contribution < 1.29 is 9.90 Å². The van der Waals surface area contributed by atoms with Crippen LogP contribution in [0.5, 0.6) is 0 Å². The standard InChI is InChI=1S/C10H14N2O2S/c13-7-9(14)12-4-1-8(2-5-12)10-11-3-6-15-10/h3,6,8,13H,1-2,4-5,7H2. The molecule has 1 N–H and O–H groups in total. The monoisotopic (exact) mass is 226 g/mol. The number of rotatable bonds is 2. The van der Waals surface area contributed by atoms with E-state index in [1.54, 1.807) is 16.2 Å². The first kappa shape index (κ1) is 10.6. The highest BCUT2D eigenvalue weighted by molar-refractivity contribution is 7.09. The summed E-state index contributed by atoms with van der Waals surface area (Å²) in [5.41, 5.74) is 0. The largest absolute Gasteiger partial charge is 0.387 e. The fourth-order valence-electron chi connectivity index (χ4n) is 1.91. The average Bonchev–Trinajstić information content (AvgIpc) is 2.82. The van der Waals surface area contributed by atoms with Gasteiger partial charge in [0.05, 0.1) is 5.01 Å². The Morgan fingerprint density at radius 3 is 2.87 bits per heavy atom. The zero-order chi connectivity index (χ0) is 10.7. The number of hydrogen-bond donors (Lipinski definition) is 1. The second-order valence-electron chi connectivity index (χ2n) is 3.68. The van der Waals surface area contributed by atoms with E-state index in [0.717, 1.165) is 25.9 Å². The Morgan fingerprint density at radius 2 is 2.33 bits per heavy atom. The highest BCUT2D eigenvalue weighted by Crippen LogP contribution is 2.28. The van der Waals surface area contributed by atoms with Gasteiger partial charge in [-0.1, -0.05) is 0 Å². The van der Waals surface area contributed by atoms with E-state index in [1.165, 1.54) is 5.01 Å². The van der Waals surface area contributed by atoms with Crippen LogP contribution in [0.3, 0.4) is 0 Å². The van der Waals surface area contributed by atoms with Crippen LogP contribution >= 0.6 is 11.3 Å². The molecular formula is C10H14N2O2S. The lowest BCUT2D eigenvalue weighted by Gasteiger charge is -2.30. The van der Waals surface area contributed by atoms with Crippen molar-refractivity contribution in [1.82, 2.24) is 9.88 Å². The van der Waals surface area contributed by atoms with Gasteiger partial charge in [-0.15, -0.1) is 11.3 Å². The van der Waals surface area contributed by atoms with Gasteiger partial charge >= 0.3 is 0 Å². The van der Waals surface area contributed by atoms with E-state index < -0.39 is 0 Å². The van der Waals surface area contributed by atoms with E-state index in [1.807, 2.05) is 11.6 Å². The average molecular weight is 226 g/mol. The molecule has 4 nitrogen and oxygen atoms in total. The number of aromatic nitrogens is 1. The first-order valence-electron chi connectivity index (χ1n) is 5.09. The van der Waals surface area contributed by atoms with Crippen LogP contribution in [0.4, 0.5) is 0 Å². The van der Waals surface area contributed by atoms with Crippen molar-refractivity contribution in [3.05, 3.63) is 16.6 Å². The van der Waals surface area contributed by atoms with Crippen LogP contribution in [-0.2, 0) is 4.79 Å². The summed E-state index contributed by atoms with van der Waals surface area (Å²) in [5.74, 6) is 0.334. The van der Waals surface area contributed by atoms with Gasteiger partial charge in [-0.05, 0) is 12.8 Å². The molecule has 1 aliphatic heterocycles. The van der Waals surface area contributed by atoms with Crippen molar-refractivity contribution in [1.29, 1.82) is 0 Å². The Labute approximate surface area is 92.6 Å². The minimum Gasteiger partial charge on any atom is -0.387 e. The number of aliphatic hydroxyl groups is 1. The van der Waals surface area contributed by atoms with E-state index in [4.69, 9.17) is 5.11 Å². The third-order valence-electron chi connectivity index (χ3n) is 2.78. The predicted octanol–water partition coefficient (Wildman–Crippen LogP) is 0.841. The molecule has 15 heavy (non-hydrogen) atoms. The van der Waals surface area contributed by atoms with Crippen LogP contribution in [0.15, 0.2) is 11.6 Å². The lowest BCUT2D eigenvalue weighted by molar-refractivity contribution is -0.135. The number of hydrogen-bond acceptors (Lipinski definition) is 4. The summed E-state index contributed by atoms with van der Waals surface area (Å²) < 4.78 is 0. The van der Waals surface area contributed by atoms with Gasteiger partial charge in [-0.3, -0.25) is 4.79 Å². The lowest BCUT2D eigenvalue weighted by Crippen LogP contribution is -2.39. The number of amides is 1. The molecule has 2 rings (SSSR count). The third kappa shape index (κ3) is 2.35. The van der Waals surface area contributed by atoms with Crippen LogP contribution in [0.2, 0.25) is 0 Å². The van der Waals surface area contributed by atoms with Crippen molar-refractivity contribution in [3.63, 3.8) is 0 Å². The quantitative estimate of drug-likeness (QED) is 0.813. The molecule has 1 saturated heterocycles. The Kier molecular flexibility index (Phi) is 3.33. The normalized spacial score (nSPS) is 18.1. The van der Waals surface area contributed by atoms with Gasteiger partial charge in [0.15, 0.2) is 0 Å². The summed E-state index contributed by atoms with van der Waals surface area (Å²) in [4.78, 5) is 17.2. The Hall–Kier alpha value is -0.940. The molecule has 0 spiro atoms. The summed E-state index contributed by atoms with van der Waals surface area (Å²) in [6.45, 7) is 1.11. The zero-order valence-corrected chi connectivity index (χ0v) is 9.24. The van der Waals surface area contributed by atoms with Gasteiger partial charge in [-0.25, -0.2) is 4.98 Å². The van der Waals surface area contributed by atoms with Gasteiger partial charge < -0.3 is 10.0 Å². The summed E-state index contributed by atoms with van der Waals surface area (Å²) in [6, 6.07) is 0. The summed E-state index contributed by atoms with van der Waals surface area (Å²) in [7, 11) is 0. The molecule has 1 aromatic rings. The van der Waals surface area contributed by atoms with E-state index in [0.29, 0.717) is 5.92 Å². The summed E-state index contributed by atoms with van der Waals surface area (Å²) in [6.07, 6.45) is 3.74. The number of aliphatic hydroxyl groups excluding tert-OH is 1. The Balaban J connectivity index is 1.90. The van der Waals surface area contributed by atoms with Crippen molar-refractivity contribution in [2.75, 3.05) is 19.7 Å². The van der Waals surface area contributed by atoms with Crippen molar-refractivity contribution in [2.24, 2.45) is 0 Å². The third-order valence-corrected chi connectivity index (χ3v) is 3.72. The Bertz CT molecular complexity index is 318. The van der Waals surface area contributed by atoms with Crippen LogP contribution in [0.25, 0.3) is 0 Å². The van der Waals surface area contributed by atoms with E-state index in [-0.39, 0.29) is 12.5 Å². The maximum absolute atomic E-state index is 11.2. The number of piperidine rings is 1. The van der Waals surface area contributed by atoms with Crippen molar-refractivity contribution >= 4 is 17.2 Å². The van der Waals surface area contributed by atoms with Gasteiger partial charge in [0.1, 0.15) is 6.61 Å². The van der Waals surface area contributed by atoms with Crippen LogP contribution < -0.4 is 0 Å². The van der Waals surface area contributed by atoms with E-state index in [2.05, 4.69) is 4.98 Å². The second kappa shape index (κ2) is 4.72. The molecule has 0 saturated carbocycles. The maximum atomic E-state index is 11.2. The molecule has 5 heteroatoms. The molecule has 1 fully saturated rings. The minimum absolute atomic E-state index is 0.160. The number of likely N-dealkylation sites (tertiary alicyclic amines) is 1. The molecule has 0 aliphatic carbocycles. The summed E-state index contributed by atoms with van der Waals surface area (Å²) in [5, 5.41) is 11.9. The fourth-order valence-corrected chi connectivity index (χ4v) is 2.72. The molecular weight excluding hydrogens is 212 g/mol. The number of carbonyl (C=O) groups excluding carboxylic acids is 1. The fraction of sp³-hybridized carbons (Fsp3) is 0.600. The molecule has 1 amide bonds. The Morgan fingerprint density at radius 1 is 1.60 bits per heavy atom. The molecule has 1 aliphatic rings. The zero-order valence-electron chi connectivity index (χ0n) is 8.43. The van der Waals surface area contributed by atoms with Gasteiger partial charge in [0.25, 0.3) is 0 Å². The molecule has 82 valence electrons. The molecule has 0 radical (unpaired) electrons. The summed E-state index contributed by atoms with van der Waals surface area (Å²) >= 11 is 1.68. The molecule has 0 unspecified atom stereocenters. The second-order valence-corrected chi connectivity index (χ2v) is 4.61. The molecule has 0 aromatic carbocycles. The van der Waals surface area contributed by atoms with Crippen molar-refractivity contribution in [2.45, 2.75) is 18.8 Å². The maximum Gasteiger partial charge on any atom is 0.248 e.